The highest BCUT2D eigenvalue weighted by molar-refractivity contribution is 5.80. The smallest absolute Gasteiger partial charge is 0.328 e. The first kappa shape index (κ1) is 18.2. The number of rotatable bonds is 3. The van der Waals surface area contributed by atoms with Gasteiger partial charge in [0.05, 0.1) is 17.8 Å². The Bertz CT molecular complexity index is 500. The molecule has 0 amide bonds. The first-order valence-electron chi connectivity index (χ1n) is 8.35. The number of carboxylic acids is 1. The molecule has 0 aromatic carbocycles. The van der Waals surface area contributed by atoms with Gasteiger partial charge in [-0.3, -0.25) is 0 Å². The fraction of sp³-hybridized carbons (Fsp3) is 0.722. The van der Waals surface area contributed by atoms with E-state index >= 15 is 0 Å². The van der Waals surface area contributed by atoms with Gasteiger partial charge in [0.2, 0.25) is 0 Å². The summed E-state index contributed by atoms with van der Waals surface area (Å²) >= 11 is 0. The van der Waals surface area contributed by atoms with E-state index < -0.39 is 29.7 Å². The van der Waals surface area contributed by atoms with Gasteiger partial charge in [-0.2, -0.15) is 0 Å². The topological polar surface area (TPSA) is 98.0 Å². The van der Waals surface area contributed by atoms with Crippen LogP contribution in [-0.2, 0) is 4.79 Å². The van der Waals surface area contributed by atoms with Crippen molar-refractivity contribution in [2.45, 2.75) is 51.4 Å². The second kappa shape index (κ2) is 6.75. The number of allylic oxidation sites excluding steroid dienone is 2. The molecular weight excluding hydrogens is 296 g/mol. The zero-order valence-electron chi connectivity index (χ0n) is 14.0. The average Bonchev–Trinajstić information content (AvgIpc) is 2.46. The maximum atomic E-state index is 11.3. The summed E-state index contributed by atoms with van der Waals surface area (Å²) < 4.78 is 0. The molecular formula is C18H28O5. The van der Waals surface area contributed by atoms with Crippen LogP contribution in [0.5, 0.6) is 0 Å². The Hall–Kier alpha value is -1.17. The van der Waals surface area contributed by atoms with E-state index in [4.69, 9.17) is 5.11 Å². The van der Waals surface area contributed by atoms with E-state index in [0.717, 1.165) is 18.9 Å². The van der Waals surface area contributed by atoms with Gasteiger partial charge in [-0.15, -0.1) is 0 Å². The van der Waals surface area contributed by atoms with E-state index in [2.05, 4.69) is 13.8 Å². The highest BCUT2D eigenvalue weighted by Crippen LogP contribution is 2.52. The van der Waals surface area contributed by atoms with Crippen molar-refractivity contribution >= 4 is 5.97 Å². The van der Waals surface area contributed by atoms with Gasteiger partial charge in [0.25, 0.3) is 0 Å². The lowest BCUT2D eigenvalue weighted by Gasteiger charge is -2.56. The van der Waals surface area contributed by atoms with Crippen LogP contribution in [0.3, 0.4) is 0 Å². The van der Waals surface area contributed by atoms with Crippen molar-refractivity contribution < 1.29 is 25.2 Å². The summed E-state index contributed by atoms with van der Waals surface area (Å²) in [7, 11) is 0. The predicted octanol–water partition coefficient (Wildman–Crippen LogP) is 1.58. The molecule has 130 valence electrons. The highest BCUT2D eigenvalue weighted by Gasteiger charge is 2.58. The Morgan fingerprint density at radius 1 is 1.09 bits per heavy atom. The molecule has 8 atom stereocenters. The van der Waals surface area contributed by atoms with Crippen molar-refractivity contribution in [1.82, 2.24) is 0 Å². The molecule has 5 heteroatoms. The summed E-state index contributed by atoms with van der Waals surface area (Å²) in [6.07, 6.45) is 5.42. The third-order valence-electron chi connectivity index (χ3n) is 5.80. The van der Waals surface area contributed by atoms with Gasteiger partial charge in [-0.1, -0.05) is 39.0 Å². The summed E-state index contributed by atoms with van der Waals surface area (Å²) in [4.78, 5) is 10.5. The molecule has 0 heterocycles. The summed E-state index contributed by atoms with van der Waals surface area (Å²) in [5.41, 5.74) is -1.26. The lowest BCUT2D eigenvalue weighted by Crippen LogP contribution is -2.64. The van der Waals surface area contributed by atoms with Gasteiger partial charge in [0.1, 0.15) is 0 Å². The molecule has 2 saturated carbocycles. The van der Waals surface area contributed by atoms with Crippen LogP contribution >= 0.6 is 0 Å². The van der Waals surface area contributed by atoms with Gasteiger partial charge in [0, 0.05) is 12.0 Å². The second-order valence-electron chi connectivity index (χ2n) is 7.46. The van der Waals surface area contributed by atoms with Gasteiger partial charge in [-0.05, 0) is 36.5 Å². The minimum Gasteiger partial charge on any atom is -0.478 e. The monoisotopic (exact) mass is 324 g/mol. The van der Waals surface area contributed by atoms with Gasteiger partial charge in [-0.25, -0.2) is 4.79 Å². The molecule has 2 fully saturated rings. The number of aliphatic hydroxyl groups is 3. The van der Waals surface area contributed by atoms with Crippen molar-refractivity contribution in [2.24, 2.45) is 29.6 Å². The van der Waals surface area contributed by atoms with E-state index in [9.17, 15) is 20.1 Å². The predicted molar refractivity (Wildman–Crippen MR) is 86.6 cm³/mol. The molecule has 0 aromatic heterocycles. The van der Waals surface area contributed by atoms with Crippen LogP contribution in [0.4, 0.5) is 0 Å². The molecule has 0 aliphatic heterocycles. The van der Waals surface area contributed by atoms with E-state index in [0.29, 0.717) is 5.92 Å². The maximum absolute atomic E-state index is 11.3. The standard InChI is InChI=1S/C18H28O5/c1-10-8-11(2)15-13(9-10)17(22)16(21)12(3)18(15,23)7-5-4-6-14(19)20/h4-7,10-13,15-17,21-23H,8-9H2,1-3H3,(H,19,20). The molecule has 4 N–H and O–H groups in total. The maximum Gasteiger partial charge on any atom is 0.328 e. The quantitative estimate of drug-likeness (QED) is 0.467. The Kier molecular flexibility index (Phi) is 5.33. The van der Waals surface area contributed by atoms with Crippen molar-refractivity contribution in [3.05, 3.63) is 24.3 Å². The van der Waals surface area contributed by atoms with Gasteiger partial charge >= 0.3 is 5.97 Å². The minimum absolute atomic E-state index is 0.151. The van der Waals surface area contributed by atoms with Crippen LogP contribution in [0.25, 0.3) is 0 Å². The van der Waals surface area contributed by atoms with Crippen LogP contribution in [0.1, 0.15) is 33.6 Å². The number of aliphatic carboxylic acids is 1. The summed E-state index contributed by atoms with van der Waals surface area (Å²) in [6.45, 7) is 5.95. The first-order valence-corrected chi connectivity index (χ1v) is 8.35. The van der Waals surface area contributed by atoms with Crippen molar-refractivity contribution in [1.29, 1.82) is 0 Å². The fourth-order valence-corrected chi connectivity index (χ4v) is 4.80. The van der Waals surface area contributed by atoms with E-state index in [1.165, 1.54) is 12.2 Å². The number of carboxylic acid groups (broad SMARTS) is 1. The number of hydrogen-bond acceptors (Lipinski definition) is 4. The highest BCUT2D eigenvalue weighted by atomic mass is 16.4. The third-order valence-corrected chi connectivity index (χ3v) is 5.80. The number of hydrogen-bond donors (Lipinski definition) is 4. The molecule has 5 nitrogen and oxygen atoms in total. The van der Waals surface area contributed by atoms with Crippen molar-refractivity contribution in [3.8, 4) is 0 Å². The average molecular weight is 324 g/mol. The lowest BCUT2D eigenvalue weighted by atomic mass is 9.53. The molecule has 0 saturated heterocycles. The van der Waals surface area contributed by atoms with Gasteiger partial charge in [0.15, 0.2) is 0 Å². The van der Waals surface area contributed by atoms with Crippen LogP contribution in [-0.4, -0.2) is 44.2 Å². The van der Waals surface area contributed by atoms with Crippen molar-refractivity contribution in [2.75, 3.05) is 0 Å². The molecule has 0 aromatic rings. The number of fused-ring (bicyclic) bond motifs is 1. The lowest BCUT2D eigenvalue weighted by molar-refractivity contribution is -0.207. The van der Waals surface area contributed by atoms with E-state index in [1.54, 1.807) is 13.0 Å². The Balaban J connectivity index is 2.35. The van der Waals surface area contributed by atoms with E-state index in [-0.39, 0.29) is 17.8 Å². The molecule has 23 heavy (non-hydrogen) atoms. The SMILES string of the molecule is CC1CC(C)C2C(C1)C(O)C(O)C(C)C2(O)C=CC=CC(=O)O. The summed E-state index contributed by atoms with van der Waals surface area (Å²) in [5.74, 6) is -1.22. The molecule has 0 bridgehead atoms. The zero-order valence-corrected chi connectivity index (χ0v) is 14.0. The summed E-state index contributed by atoms with van der Waals surface area (Å²) in [6, 6.07) is 0. The molecule has 8 unspecified atom stereocenters. The third kappa shape index (κ3) is 3.37. The Morgan fingerprint density at radius 2 is 1.74 bits per heavy atom. The molecule has 2 aliphatic rings. The van der Waals surface area contributed by atoms with Crippen LogP contribution in [0.15, 0.2) is 24.3 Å². The summed E-state index contributed by atoms with van der Waals surface area (Å²) in [5, 5.41) is 40.8. The first-order chi connectivity index (χ1) is 10.7. The van der Waals surface area contributed by atoms with Crippen LogP contribution < -0.4 is 0 Å². The number of carbonyl (C=O) groups is 1. The van der Waals surface area contributed by atoms with Crippen LogP contribution in [0, 0.1) is 29.6 Å². The zero-order chi connectivity index (χ0) is 17.4. The van der Waals surface area contributed by atoms with Crippen LogP contribution in [0.2, 0.25) is 0 Å². The van der Waals surface area contributed by atoms with Crippen molar-refractivity contribution in [3.63, 3.8) is 0 Å². The molecule has 2 aliphatic carbocycles. The number of aliphatic hydroxyl groups excluding tert-OH is 2. The van der Waals surface area contributed by atoms with E-state index in [1.807, 2.05) is 0 Å². The molecule has 0 radical (unpaired) electrons. The molecule has 0 spiro atoms. The molecule has 2 rings (SSSR count). The normalized spacial score (nSPS) is 47.8. The second-order valence-corrected chi connectivity index (χ2v) is 7.46. The minimum atomic E-state index is -1.26. The Morgan fingerprint density at radius 3 is 2.35 bits per heavy atom. The van der Waals surface area contributed by atoms with Gasteiger partial charge < -0.3 is 20.4 Å². The largest absolute Gasteiger partial charge is 0.478 e. The Labute approximate surface area is 137 Å². The fourth-order valence-electron chi connectivity index (χ4n) is 4.80.